The molecule has 1 aliphatic rings. The van der Waals surface area contributed by atoms with E-state index < -0.39 is 11.9 Å². The highest BCUT2D eigenvalue weighted by Crippen LogP contribution is 2.45. The van der Waals surface area contributed by atoms with Gasteiger partial charge in [-0.3, -0.25) is 14.4 Å². The number of para-hydroxylation sites is 1. The molecule has 0 saturated heterocycles. The molecule has 0 unspecified atom stereocenters. The minimum absolute atomic E-state index is 0.0860. The zero-order valence-corrected chi connectivity index (χ0v) is 17.7. The van der Waals surface area contributed by atoms with Gasteiger partial charge in [-0.1, -0.05) is 24.3 Å². The average Bonchev–Trinajstić information content (AvgIpc) is 2.89. The highest BCUT2D eigenvalue weighted by Gasteiger charge is 2.30. The number of rotatable bonds is 7. The number of hydrogen-bond donors (Lipinski definition) is 1. The summed E-state index contributed by atoms with van der Waals surface area (Å²) in [6.07, 6.45) is 0.247. The van der Waals surface area contributed by atoms with Crippen molar-refractivity contribution >= 4 is 35.2 Å². The summed E-state index contributed by atoms with van der Waals surface area (Å²) in [5.41, 5.74) is 1.70. The topological polar surface area (TPSA) is 84.9 Å². The van der Waals surface area contributed by atoms with Crippen LogP contribution in [0.4, 0.5) is 5.69 Å². The van der Waals surface area contributed by atoms with Gasteiger partial charge in [-0.15, -0.1) is 11.8 Å². The average molecular weight is 429 g/mol. The summed E-state index contributed by atoms with van der Waals surface area (Å²) in [6.45, 7) is 1.56. The molecule has 1 heterocycles. The normalized spacial score (nSPS) is 15.7. The van der Waals surface area contributed by atoms with E-state index in [1.165, 1.54) is 4.90 Å². The number of benzene rings is 2. The number of carbonyl (C=O) groups is 3. The van der Waals surface area contributed by atoms with Gasteiger partial charge in [0.15, 0.2) is 0 Å². The van der Waals surface area contributed by atoms with Crippen LogP contribution in [0.15, 0.2) is 53.4 Å². The lowest BCUT2D eigenvalue weighted by Gasteiger charge is -2.22. The molecule has 0 radical (unpaired) electrons. The first kappa shape index (κ1) is 21.7. The third-order valence-corrected chi connectivity index (χ3v) is 5.93. The highest BCUT2D eigenvalue weighted by molar-refractivity contribution is 7.99. The molecule has 0 spiro atoms. The summed E-state index contributed by atoms with van der Waals surface area (Å²) in [5.74, 6) is -0.328. The third kappa shape index (κ3) is 5.33. The number of methoxy groups -OCH3 is 1. The number of amides is 2. The van der Waals surface area contributed by atoms with Gasteiger partial charge in [-0.25, -0.2) is 0 Å². The molecule has 7 nitrogen and oxygen atoms in total. The van der Waals surface area contributed by atoms with Crippen LogP contribution in [0.2, 0.25) is 0 Å². The Balaban J connectivity index is 1.78. The number of ether oxygens (including phenoxy) is 2. The Labute approximate surface area is 179 Å². The molecule has 2 amide bonds. The van der Waals surface area contributed by atoms with Crippen molar-refractivity contribution in [3.05, 3.63) is 54.1 Å². The van der Waals surface area contributed by atoms with E-state index in [1.807, 2.05) is 48.5 Å². The summed E-state index contributed by atoms with van der Waals surface area (Å²) < 4.78 is 10.0. The molecule has 30 heavy (non-hydrogen) atoms. The summed E-state index contributed by atoms with van der Waals surface area (Å²) in [6, 6.07) is 15.2. The lowest BCUT2D eigenvalue weighted by atomic mass is 10.1. The lowest BCUT2D eigenvalue weighted by molar-refractivity contribution is -0.143. The van der Waals surface area contributed by atoms with E-state index in [0.29, 0.717) is 5.69 Å². The van der Waals surface area contributed by atoms with Crippen LogP contribution in [-0.4, -0.2) is 44.6 Å². The summed E-state index contributed by atoms with van der Waals surface area (Å²) in [7, 11) is 1.61. The summed E-state index contributed by atoms with van der Waals surface area (Å²) in [5, 5.41) is 2.43. The van der Waals surface area contributed by atoms with Gasteiger partial charge in [0.2, 0.25) is 11.8 Å². The summed E-state index contributed by atoms with van der Waals surface area (Å²) >= 11 is 1.59. The molecule has 158 valence electrons. The van der Waals surface area contributed by atoms with E-state index in [4.69, 9.17) is 9.47 Å². The van der Waals surface area contributed by atoms with E-state index in [0.717, 1.165) is 16.2 Å². The molecule has 1 atom stereocenters. The quantitative estimate of drug-likeness (QED) is 0.683. The van der Waals surface area contributed by atoms with Crippen molar-refractivity contribution < 1.29 is 23.9 Å². The van der Waals surface area contributed by atoms with Gasteiger partial charge in [-0.2, -0.15) is 0 Å². The first-order valence-electron chi connectivity index (χ1n) is 9.64. The van der Waals surface area contributed by atoms with E-state index >= 15 is 0 Å². The predicted molar refractivity (Wildman–Crippen MR) is 115 cm³/mol. The van der Waals surface area contributed by atoms with Crippen molar-refractivity contribution in [2.24, 2.45) is 0 Å². The van der Waals surface area contributed by atoms with Gasteiger partial charge in [-0.05, 0) is 36.8 Å². The molecule has 0 fully saturated rings. The van der Waals surface area contributed by atoms with Crippen LogP contribution in [0.1, 0.15) is 24.2 Å². The number of anilines is 1. The molecule has 3 rings (SSSR count). The van der Waals surface area contributed by atoms with Crippen LogP contribution in [0.3, 0.4) is 0 Å². The molecule has 0 aromatic heterocycles. The van der Waals surface area contributed by atoms with Gasteiger partial charge in [0.05, 0.1) is 19.4 Å². The van der Waals surface area contributed by atoms with Crippen LogP contribution in [0.25, 0.3) is 0 Å². The fourth-order valence-corrected chi connectivity index (χ4v) is 4.42. The van der Waals surface area contributed by atoms with Crippen LogP contribution in [0.5, 0.6) is 5.75 Å². The molecule has 0 saturated carbocycles. The Hall–Kier alpha value is -3.00. The number of carbonyl (C=O) groups excluding carboxylic acids is 3. The smallest absolute Gasteiger partial charge is 0.325 e. The van der Waals surface area contributed by atoms with Gasteiger partial charge in [0, 0.05) is 16.6 Å². The zero-order valence-electron chi connectivity index (χ0n) is 16.9. The number of nitrogens with zero attached hydrogens (tertiary/aromatic N) is 1. The van der Waals surface area contributed by atoms with Gasteiger partial charge in [0.25, 0.3) is 0 Å². The number of hydrogen-bond acceptors (Lipinski definition) is 6. The monoisotopic (exact) mass is 428 g/mol. The molecule has 0 aliphatic carbocycles. The van der Waals surface area contributed by atoms with Crippen molar-refractivity contribution in [2.75, 3.05) is 31.7 Å². The number of esters is 1. The Morgan fingerprint density at radius 2 is 1.90 bits per heavy atom. The maximum atomic E-state index is 13.1. The first-order chi connectivity index (χ1) is 14.5. The second-order valence-corrected chi connectivity index (χ2v) is 7.86. The van der Waals surface area contributed by atoms with E-state index in [1.54, 1.807) is 25.8 Å². The molecular formula is C22H24N2O5S. The van der Waals surface area contributed by atoms with Crippen LogP contribution in [-0.2, 0) is 19.1 Å². The van der Waals surface area contributed by atoms with Crippen LogP contribution >= 0.6 is 11.8 Å². The fraction of sp³-hybridized carbons (Fsp3) is 0.318. The molecular weight excluding hydrogens is 404 g/mol. The number of fused-ring (bicyclic) bond motifs is 1. The second-order valence-electron chi connectivity index (χ2n) is 6.61. The van der Waals surface area contributed by atoms with E-state index in [2.05, 4.69) is 5.32 Å². The molecule has 1 N–H and O–H groups in total. The van der Waals surface area contributed by atoms with Gasteiger partial charge >= 0.3 is 5.97 Å². The Bertz CT molecular complexity index is 916. The fourth-order valence-electron chi connectivity index (χ4n) is 3.14. The van der Waals surface area contributed by atoms with Gasteiger partial charge in [0.1, 0.15) is 18.8 Å². The Kier molecular flexibility index (Phi) is 7.35. The second kappa shape index (κ2) is 10.2. The van der Waals surface area contributed by atoms with E-state index in [-0.39, 0.29) is 37.3 Å². The highest BCUT2D eigenvalue weighted by atomic mass is 32.2. The maximum Gasteiger partial charge on any atom is 0.325 e. The van der Waals surface area contributed by atoms with Crippen LogP contribution in [0, 0.1) is 0 Å². The maximum absolute atomic E-state index is 13.1. The first-order valence-corrected chi connectivity index (χ1v) is 10.5. The Morgan fingerprint density at radius 3 is 2.60 bits per heavy atom. The largest absolute Gasteiger partial charge is 0.497 e. The van der Waals surface area contributed by atoms with Crippen molar-refractivity contribution in [3.8, 4) is 5.75 Å². The number of thioether (sulfide) groups is 1. The molecule has 0 bridgehead atoms. The Morgan fingerprint density at radius 1 is 1.17 bits per heavy atom. The van der Waals surface area contributed by atoms with Gasteiger partial charge < -0.3 is 19.7 Å². The standard InChI is InChI=1S/C22H24N2O5S/c1-3-29-22(27)13-23-20(25)14-24-17-6-4-5-7-18(17)30-19(12-21(24)26)15-8-10-16(28-2)11-9-15/h4-11,19H,3,12-14H2,1-2H3,(H,23,25)/t19-/m1/s1. The third-order valence-electron chi connectivity index (χ3n) is 4.61. The van der Waals surface area contributed by atoms with Crippen molar-refractivity contribution in [3.63, 3.8) is 0 Å². The lowest BCUT2D eigenvalue weighted by Crippen LogP contribution is -2.42. The molecule has 8 heteroatoms. The molecule has 2 aromatic carbocycles. The minimum Gasteiger partial charge on any atom is -0.497 e. The molecule has 2 aromatic rings. The van der Waals surface area contributed by atoms with Crippen molar-refractivity contribution in [1.82, 2.24) is 5.32 Å². The van der Waals surface area contributed by atoms with Crippen molar-refractivity contribution in [2.45, 2.75) is 23.5 Å². The number of nitrogens with one attached hydrogen (secondary N) is 1. The zero-order chi connectivity index (χ0) is 21.5. The molecule has 1 aliphatic heterocycles. The van der Waals surface area contributed by atoms with E-state index in [9.17, 15) is 14.4 Å². The predicted octanol–water partition coefficient (Wildman–Crippen LogP) is 2.94. The minimum atomic E-state index is -0.511. The van der Waals surface area contributed by atoms with Crippen LogP contribution < -0.4 is 15.0 Å². The SMILES string of the molecule is CCOC(=O)CNC(=O)CN1C(=O)C[C@H](c2ccc(OC)cc2)Sc2ccccc21. The van der Waals surface area contributed by atoms with Crippen molar-refractivity contribution in [1.29, 1.82) is 0 Å². The summed E-state index contributed by atoms with van der Waals surface area (Å²) in [4.78, 5) is 39.3.